The molecule has 2 heteroatoms. The second kappa shape index (κ2) is 6.58. The number of fused-ring (bicyclic) bond motifs is 1. The minimum atomic E-state index is -0.0650. The average Bonchev–Trinajstić information content (AvgIpc) is 2.70. The van der Waals surface area contributed by atoms with E-state index in [4.69, 9.17) is 4.74 Å². The second-order valence-electron chi connectivity index (χ2n) is 5.07. The molecule has 2 nitrogen and oxygen atoms in total. The molecule has 2 rings (SSSR count). The van der Waals surface area contributed by atoms with Crippen molar-refractivity contribution >= 4 is 5.97 Å². The van der Waals surface area contributed by atoms with Gasteiger partial charge in [0.1, 0.15) is 5.75 Å². The highest BCUT2D eigenvalue weighted by molar-refractivity contribution is 5.85. The van der Waals surface area contributed by atoms with Crippen LogP contribution in [-0.2, 0) is 4.79 Å². The van der Waals surface area contributed by atoms with E-state index in [1.165, 1.54) is 32.1 Å². The van der Waals surface area contributed by atoms with E-state index in [0.717, 1.165) is 24.2 Å². The molecule has 1 atom stereocenters. The van der Waals surface area contributed by atoms with Gasteiger partial charge in [0.15, 0.2) is 0 Å². The Labute approximate surface area is 109 Å². The molecule has 0 bridgehead atoms. The van der Waals surface area contributed by atoms with E-state index in [1.54, 1.807) is 0 Å². The van der Waals surface area contributed by atoms with Gasteiger partial charge in [-0.15, -0.1) is 0 Å². The van der Waals surface area contributed by atoms with E-state index in [-0.39, 0.29) is 11.9 Å². The van der Waals surface area contributed by atoms with Gasteiger partial charge >= 0.3 is 5.97 Å². The lowest BCUT2D eigenvalue weighted by molar-refractivity contribution is -0.134. The van der Waals surface area contributed by atoms with Gasteiger partial charge in [-0.1, -0.05) is 63.6 Å². The Balaban J connectivity index is 1.78. The van der Waals surface area contributed by atoms with Crippen molar-refractivity contribution in [3.63, 3.8) is 0 Å². The number of benzene rings is 1. The van der Waals surface area contributed by atoms with Gasteiger partial charge in [0.2, 0.25) is 0 Å². The fourth-order valence-electron chi connectivity index (χ4n) is 2.57. The van der Waals surface area contributed by atoms with Crippen LogP contribution >= 0.6 is 0 Å². The highest BCUT2D eigenvalue weighted by Crippen LogP contribution is 2.37. The van der Waals surface area contributed by atoms with E-state index in [9.17, 15) is 4.79 Å². The van der Waals surface area contributed by atoms with Crippen molar-refractivity contribution in [3.05, 3.63) is 29.8 Å². The van der Waals surface area contributed by atoms with Crippen LogP contribution in [0.15, 0.2) is 24.3 Å². The summed E-state index contributed by atoms with van der Waals surface area (Å²) < 4.78 is 5.28. The van der Waals surface area contributed by atoms with Gasteiger partial charge in [-0.25, -0.2) is 0 Å². The average molecular weight is 246 g/mol. The molecular formula is C16H22O2. The fourth-order valence-corrected chi connectivity index (χ4v) is 2.57. The molecule has 0 aromatic heterocycles. The van der Waals surface area contributed by atoms with E-state index in [2.05, 4.69) is 6.92 Å². The predicted molar refractivity (Wildman–Crippen MR) is 72.8 cm³/mol. The van der Waals surface area contributed by atoms with Crippen LogP contribution in [0.5, 0.6) is 5.75 Å². The Morgan fingerprint density at radius 2 is 1.78 bits per heavy atom. The second-order valence-corrected chi connectivity index (χ2v) is 5.07. The molecule has 0 aliphatic carbocycles. The fraction of sp³-hybridized carbons (Fsp3) is 0.562. The van der Waals surface area contributed by atoms with Crippen molar-refractivity contribution in [2.75, 3.05) is 0 Å². The lowest BCUT2D eigenvalue weighted by Crippen LogP contribution is -2.09. The first-order valence-corrected chi connectivity index (χ1v) is 7.13. The number of carbonyl (C=O) groups excluding carboxylic acids is 1. The third-order valence-corrected chi connectivity index (χ3v) is 3.64. The number of hydrogen-bond acceptors (Lipinski definition) is 2. The van der Waals surface area contributed by atoms with Crippen molar-refractivity contribution < 1.29 is 9.53 Å². The van der Waals surface area contributed by atoms with Crippen LogP contribution in [0.1, 0.15) is 63.4 Å². The molecule has 0 saturated carbocycles. The molecule has 1 heterocycles. The summed E-state index contributed by atoms with van der Waals surface area (Å²) in [6, 6.07) is 7.80. The van der Waals surface area contributed by atoms with Crippen LogP contribution in [0, 0.1) is 0 Å². The zero-order chi connectivity index (χ0) is 12.8. The van der Waals surface area contributed by atoms with Gasteiger partial charge in [0.25, 0.3) is 0 Å². The SMILES string of the molecule is CCCCCCCCC1C(=O)Oc2ccccc21. The summed E-state index contributed by atoms with van der Waals surface area (Å²) in [5, 5.41) is 0. The van der Waals surface area contributed by atoms with Gasteiger partial charge in [-0.3, -0.25) is 4.79 Å². The summed E-state index contributed by atoms with van der Waals surface area (Å²) in [6.45, 7) is 2.23. The van der Waals surface area contributed by atoms with Crippen LogP contribution in [0.4, 0.5) is 0 Å². The lowest BCUT2D eigenvalue weighted by atomic mass is 9.94. The maximum Gasteiger partial charge on any atom is 0.318 e. The smallest absolute Gasteiger partial charge is 0.318 e. The van der Waals surface area contributed by atoms with Crippen LogP contribution in [0.2, 0.25) is 0 Å². The van der Waals surface area contributed by atoms with Gasteiger partial charge in [0.05, 0.1) is 5.92 Å². The normalized spacial score (nSPS) is 17.6. The molecule has 98 valence electrons. The quantitative estimate of drug-likeness (QED) is 0.404. The number of unbranched alkanes of at least 4 members (excludes halogenated alkanes) is 5. The molecule has 1 aromatic carbocycles. The molecule has 1 unspecified atom stereocenters. The number of hydrogen-bond donors (Lipinski definition) is 0. The van der Waals surface area contributed by atoms with Crippen LogP contribution < -0.4 is 4.74 Å². The summed E-state index contributed by atoms with van der Waals surface area (Å²) >= 11 is 0. The number of esters is 1. The summed E-state index contributed by atoms with van der Waals surface area (Å²) in [5.41, 5.74) is 1.08. The van der Waals surface area contributed by atoms with Gasteiger partial charge in [-0.2, -0.15) is 0 Å². The maximum atomic E-state index is 11.8. The molecule has 0 spiro atoms. The third-order valence-electron chi connectivity index (χ3n) is 3.64. The van der Waals surface area contributed by atoms with Gasteiger partial charge in [0, 0.05) is 5.56 Å². The minimum absolute atomic E-state index is 0.0209. The first kappa shape index (κ1) is 13.1. The Morgan fingerprint density at radius 1 is 1.06 bits per heavy atom. The molecule has 18 heavy (non-hydrogen) atoms. The predicted octanol–water partition coefficient (Wildman–Crippen LogP) is 4.44. The highest BCUT2D eigenvalue weighted by atomic mass is 16.5. The van der Waals surface area contributed by atoms with Gasteiger partial charge < -0.3 is 4.74 Å². The summed E-state index contributed by atoms with van der Waals surface area (Å²) in [4.78, 5) is 11.8. The molecule has 1 aliphatic heterocycles. The van der Waals surface area contributed by atoms with Crippen LogP contribution in [-0.4, -0.2) is 5.97 Å². The van der Waals surface area contributed by atoms with Crippen molar-refractivity contribution in [2.45, 2.75) is 57.8 Å². The topological polar surface area (TPSA) is 26.3 Å². The summed E-state index contributed by atoms with van der Waals surface area (Å²) in [7, 11) is 0. The number of carbonyl (C=O) groups is 1. The summed E-state index contributed by atoms with van der Waals surface area (Å²) in [5.74, 6) is 0.676. The van der Waals surface area contributed by atoms with Crippen LogP contribution in [0.3, 0.4) is 0 Å². The summed E-state index contributed by atoms with van der Waals surface area (Å²) in [6.07, 6.45) is 8.50. The van der Waals surface area contributed by atoms with E-state index in [1.807, 2.05) is 24.3 Å². The van der Waals surface area contributed by atoms with Gasteiger partial charge in [-0.05, 0) is 12.5 Å². The number of para-hydroxylation sites is 1. The molecule has 0 saturated heterocycles. The molecule has 0 radical (unpaired) electrons. The van der Waals surface area contributed by atoms with E-state index < -0.39 is 0 Å². The maximum absolute atomic E-state index is 11.8. The number of rotatable bonds is 7. The van der Waals surface area contributed by atoms with E-state index in [0.29, 0.717) is 0 Å². The Kier molecular flexibility index (Phi) is 4.80. The molecule has 0 N–H and O–H groups in total. The monoisotopic (exact) mass is 246 g/mol. The largest absolute Gasteiger partial charge is 0.426 e. The standard InChI is InChI=1S/C16H22O2/c1-2-3-4-5-6-7-11-14-13-10-8-9-12-15(13)18-16(14)17/h8-10,12,14H,2-7,11H2,1H3. The van der Waals surface area contributed by atoms with Crippen molar-refractivity contribution in [3.8, 4) is 5.75 Å². The van der Waals surface area contributed by atoms with Crippen molar-refractivity contribution in [2.24, 2.45) is 0 Å². The Hall–Kier alpha value is -1.31. The molecule has 0 amide bonds. The lowest BCUT2D eigenvalue weighted by Gasteiger charge is -2.06. The van der Waals surface area contributed by atoms with Crippen molar-refractivity contribution in [1.82, 2.24) is 0 Å². The van der Waals surface area contributed by atoms with E-state index >= 15 is 0 Å². The zero-order valence-corrected chi connectivity index (χ0v) is 11.2. The van der Waals surface area contributed by atoms with Crippen molar-refractivity contribution in [1.29, 1.82) is 0 Å². The first-order valence-electron chi connectivity index (χ1n) is 7.13. The third kappa shape index (κ3) is 3.12. The molecule has 0 fully saturated rings. The zero-order valence-electron chi connectivity index (χ0n) is 11.2. The molecular weight excluding hydrogens is 224 g/mol. The first-order chi connectivity index (χ1) is 8.83. The Morgan fingerprint density at radius 3 is 2.61 bits per heavy atom. The molecule has 1 aliphatic rings. The molecule has 1 aromatic rings. The minimum Gasteiger partial charge on any atom is -0.426 e. The number of ether oxygens (including phenoxy) is 1. The Bertz CT molecular complexity index is 398. The highest BCUT2D eigenvalue weighted by Gasteiger charge is 2.31. The van der Waals surface area contributed by atoms with Crippen LogP contribution in [0.25, 0.3) is 0 Å².